The van der Waals surface area contributed by atoms with Crippen LogP contribution < -0.4 is 10.1 Å². The molecule has 4 nitrogen and oxygen atoms in total. The zero-order valence-corrected chi connectivity index (χ0v) is 15.8. The third-order valence-electron chi connectivity index (χ3n) is 5.00. The third-order valence-corrected chi connectivity index (χ3v) is 6.75. The van der Waals surface area contributed by atoms with Crippen molar-refractivity contribution in [1.82, 2.24) is 10.2 Å². The van der Waals surface area contributed by atoms with Crippen LogP contribution >= 0.6 is 23.4 Å². The maximum absolute atomic E-state index is 11.4. The number of hydrogen-bond donors (Lipinski definition) is 1. The first kappa shape index (κ1) is 17.9. The van der Waals surface area contributed by atoms with Crippen LogP contribution in [0.25, 0.3) is 0 Å². The molecule has 2 unspecified atom stereocenters. The van der Waals surface area contributed by atoms with Crippen molar-refractivity contribution in [1.29, 1.82) is 0 Å². The SMILES string of the molecule is CCNC(=O)COc1ccc(SC2CC3CCC(C2)N3C)c(Cl)c1. The van der Waals surface area contributed by atoms with Gasteiger partial charge in [0, 0.05) is 28.8 Å². The lowest BCUT2D eigenvalue weighted by Crippen LogP contribution is -2.40. The summed E-state index contributed by atoms with van der Waals surface area (Å²) in [4.78, 5) is 15.1. The number of amides is 1. The number of likely N-dealkylation sites (N-methyl/N-ethyl adjacent to an activating group) is 1. The van der Waals surface area contributed by atoms with Crippen molar-refractivity contribution in [2.75, 3.05) is 20.2 Å². The number of carbonyl (C=O) groups excluding carboxylic acids is 1. The Hall–Kier alpha value is -0.910. The Morgan fingerprint density at radius 2 is 2.08 bits per heavy atom. The lowest BCUT2D eigenvalue weighted by atomic mass is 10.0. The molecule has 2 saturated heterocycles. The molecule has 1 amide bonds. The van der Waals surface area contributed by atoms with E-state index in [2.05, 4.69) is 17.3 Å². The van der Waals surface area contributed by atoms with E-state index < -0.39 is 0 Å². The summed E-state index contributed by atoms with van der Waals surface area (Å²) in [5, 5.41) is 4.05. The Balaban J connectivity index is 1.56. The number of nitrogens with zero attached hydrogens (tertiary/aromatic N) is 1. The van der Waals surface area contributed by atoms with Gasteiger partial charge in [0.1, 0.15) is 5.75 Å². The van der Waals surface area contributed by atoms with Crippen LogP contribution in [0.1, 0.15) is 32.6 Å². The van der Waals surface area contributed by atoms with Gasteiger partial charge in [-0.1, -0.05) is 11.6 Å². The second-order valence-electron chi connectivity index (χ2n) is 6.60. The van der Waals surface area contributed by atoms with Crippen LogP contribution in [0.15, 0.2) is 23.1 Å². The number of halogens is 1. The smallest absolute Gasteiger partial charge is 0.257 e. The van der Waals surface area contributed by atoms with Gasteiger partial charge in [-0.25, -0.2) is 0 Å². The molecule has 2 atom stereocenters. The average Bonchev–Trinajstić information content (AvgIpc) is 2.77. The first-order valence-electron chi connectivity index (χ1n) is 8.64. The molecule has 2 aliphatic heterocycles. The normalized spacial score (nSPS) is 26.4. The number of hydrogen-bond acceptors (Lipinski definition) is 4. The molecule has 1 aromatic rings. The largest absolute Gasteiger partial charge is 0.484 e. The van der Waals surface area contributed by atoms with Crippen LogP contribution in [0.4, 0.5) is 0 Å². The number of thioether (sulfide) groups is 1. The van der Waals surface area contributed by atoms with Crippen LogP contribution in [0, 0.1) is 0 Å². The highest BCUT2D eigenvalue weighted by Gasteiger charge is 2.38. The van der Waals surface area contributed by atoms with E-state index in [0.29, 0.717) is 22.6 Å². The maximum atomic E-state index is 11.4. The van der Waals surface area contributed by atoms with E-state index in [0.717, 1.165) is 17.0 Å². The van der Waals surface area contributed by atoms with Gasteiger partial charge in [-0.2, -0.15) is 0 Å². The molecule has 2 heterocycles. The van der Waals surface area contributed by atoms with Crippen molar-refractivity contribution in [2.24, 2.45) is 0 Å². The van der Waals surface area contributed by atoms with Crippen molar-refractivity contribution in [2.45, 2.75) is 54.8 Å². The fraction of sp³-hybridized carbons (Fsp3) is 0.611. The highest BCUT2D eigenvalue weighted by atomic mass is 35.5. The zero-order chi connectivity index (χ0) is 17.1. The van der Waals surface area contributed by atoms with Gasteiger partial charge in [0.25, 0.3) is 5.91 Å². The Labute approximate surface area is 153 Å². The first-order chi connectivity index (χ1) is 11.6. The maximum Gasteiger partial charge on any atom is 0.257 e. The second kappa shape index (κ2) is 7.98. The minimum absolute atomic E-state index is 0.0228. The van der Waals surface area contributed by atoms with Crippen molar-refractivity contribution >= 4 is 29.3 Å². The predicted octanol–water partition coefficient (Wildman–Crippen LogP) is 3.57. The van der Waals surface area contributed by atoms with Crippen LogP contribution in [-0.2, 0) is 4.79 Å². The number of piperidine rings is 1. The van der Waals surface area contributed by atoms with Gasteiger partial charge < -0.3 is 15.0 Å². The summed E-state index contributed by atoms with van der Waals surface area (Å²) >= 11 is 8.32. The van der Waals surface area contributed by atoms with Gasteiger partial charge in [-0.15, -0.1) is 11.8 Å². The minimum Gasteiger partial charge on any atom is -0.484 e. The van der Waals surface area contributed by atoms with Crippen LogP contribution in [0.5, 0.6) is 5.75 Å². The predicted molar refractivity (Wildman–Crippen MR) is 99.1 cm³/mol. The Kier molecular flexibility index (Phi) is 5.95. The molecule has 1 aromatic carbocycles. The fourth-order valence-corrected chi connectivity index (χ4v) is 5.32. The van der Waals surface area contributed by atoms with Crippen molar-refractivity contribution in [3.63, 3.8) is 0 Å². The van der Waals surface area contributed by atoms with E-state index in [1.165, 1.54) is 25.7 Å². The summed E-state index contributed by atoms with van der Waals surface area (Å²) in [6.45, 7) is 2.52. The van der Waals surface area contributed by atoms with Crippen LogP contribution in [0.3, 0.4) is 0 Å². The van der Waals surface area contributed by atoms with Gasteiger partial charge in [0.05, 0.1) is 5.02 Å². The van der Waals surface area contributed by atoms with E-state index in [1.807, 2.05) is 36.9 Å². The molecule has 0 aromatic heterocycles. The topological polar surface area (TPSA) is 41.6 Å². The highest BCUT2D eigenvalue weighted by Crippen LogP contribution is 2.43. The molecular formula is C18H25ClN2O2S. The molecule has 1 N–H and O–H groups in total. The number of fused-ring (bicyclic) bond motifs is 2. The molecule has 0 radical (unpaired) electrons. The second-order valence-corrected chi connectivity index (χ2v) is 8.35. The van der Waals surface area contributed by atoms with E-state index in [-0.39, 0.29) is 12.5 Å². The van der Waals surface area contributed by atoms with E-state index in [9.17, 15) is 4.79 Å². The summed E-state index contributed by atoms with van der Waals surface area (Å²) in [6.07, 6.45) is 5.14. The fourth-order valence-electron chi connectivity index (χ4n) is 3.70. The standard InChI is InChI=1S/C18H25ClN2O2S/c1-3-20-18(22)11-23-14-6-7-17(16(19)10-14)24-15-8-12-4-5-13(9-15)21(12)2/h6-7,10,12-13,15H,3-5,8-9,11H2,1-2H3,(H,20,22). The van der Waals surface area contributed by atoms with Gasteiger partial charge in [0.15, 0.2) is 6.61 Å². The van der Waals surface area contributed by atoms with Gasteiger partial charge >= 0.3 is 0 Å². The molecule has 24 heavy (non-hydrogen) atoms. The molecule has 3 rings (SSSR count). The minimum atomic E-state index is -0.117. The monoisotopic (exact) mass is 368 g/mol. The Morgan fingerprint density at radius 1 is 1.38 bits per heavy atom. The Morgan fingerprint density at radius 3 is 2.71 bits per heavy atom. The third kappa shape index (κ3) is 4.19. The molecule has 2 bridgehead atoms. The lowest BCUT2D eigenvalue weighted by molar-refractivity contribution is -0.122. The van der Waals surface area contributed by atoms with Crippen LogP contribution in [-0.4, -0.2) is 48.3 Å². The number of ether oxygens (including phenoxy) is 1. The first-order valence-corrected chi connectivity index (χ1v) is 9.90. The number of nitrogens with one attached hydrogen (secondary N) is 1. The average molecular weight is 369 g/mol. The molecule has 2 fully saturated rings. The van der Waals surface area contributed by atoms with E-state index >= 15 is 0 Å². The lowest BCUT2D eigenvalue weighted by Gasteiger charge is -2.36. The summed E-state index contributed by atoms with van der Waals surface area (Å²) in [7, 11) is 2.26. The summed E-state index contributed by atoms with van der Waals surface area (Å²) < 4.78 is 5.49. The van der Waals surface area contributed by atoms with Gasteiger partial charge in [-0.3, -0.25) is 4.79 Å². The van der Waals surface area contributed by atoms with Crippen molar-refractivity contribution < 1.29 is 9.53 Å². The van der Waals surface area contributed by atoms with Crippen LogP contribution in [0.2, 0.25) is 5.02 Å². The van der Waals surface area contributed by atoms with Gasteiger partial charge in [-0.05, 0) is 57.9 Å². The molecule has 0 saturated carbocycles. The zero-order valence-electron chi connectivity index (χ0n) is 14.3. The quantitative estimate of drug-likeness (QED) is 0.833. The van der Waals surface area contributed by atoms with Crippen molar-refractivity contribution in [3.8, 4) is 5.75 Å². The molecule has 0 aliphatic carbocycles. The molecule has 2 aliphatic rings. The number of carbonyl (C=O) groups is 1. The van der Waals surface area contributed by atoms with Gasteiger partial charge in [0.2, 0.25) is 0 Å². The van der Waals surface area contributed by atoms with E-state index in [4.69, 9.17) is 16.3 Å². The van der Waals surface area contributed by atoms with Crippen molar-refractivity contribution in [3.05, 3.63) is 23.2 Å². The molecule has 132 valence electrons. The Bertz CT molecular complexity index is 584. The van der Waals surface area contributed by atoms with E-state index in [1.54, 1.807) is 0 Å². The summed E-state index contributed by atoms with van der Waals surface area (Å²) in [5.41, 5.74) is 0. The molecular weight excluding hydrogens is 344 g/mol. The highest BCUT2D eigenvalue weighted by molar-refractivity contribution is 8.00. The number of rotatable bonds is 6. The molecule has 0 spiro atoms. The number of benzene rings is 1. The summed E-state index contributed by atoms with van der Waals surface area (Å²) in [6, 6.07) is 7.20. The summed E-state index contributed by atoms with van der Waals surface area (Å²) in [5.74, 6) is 0.521. The molecule has 6 heteroatoms.